The summed E-state index contributed by atoms with van der Waals surface area (Å²) in [6, 6.07) is 9.65. The molecule has 1 aliphatic rings. The third-order valence-electron chi connectivity index (χ3n) is 6.58. The zero-order chi connectivity index (χ0) is 30.6. The first kappa shape index (κ1) is 30.2. The SMILES string of the molecule is COC(=O)c1nc(N2CCC(NC(=O)OC(C)(C)C)CC2)nc(-c2ccc(C#N)c(F)c2)c1-c1ccc(OC)c(F)c1. The van der Waals surface area contributed by atoms with Crippen LogP contribution in [0.1, 0.15) is 49.7 Å². The topological polar surface area (TPSA) is 127 Å². The number of alkyl carbamates (subject to hydrolysis) is 1. The molecule has 0 unspecified atom stereocenters. The van der Waals surface area contributed by atoms with Gasteiger partial charge in [-0.25, -0.2) is 28.3 Å². The summed E-state index contributed by atoms with van der Waals surface area (Å²) in [4.78, 5) is 36.4. The van der Waals surface area contributed by atoms with Crippen LogP contribution in [0.2, 0.25) is 0 Å². The number of benzene rings is 2. The number of carbonyl (C=O) groups excluding carboxylic acids is 2. The maximum atomic E-state index is 14.8. The van der Waals surface area contributed by atoms with E-state index >= 15 is 0 Å². The molecule has 1 aliphatic heterocycles. The molecular weight excluding hydrogens is 548 g/mol. The lowest BCUT2D eigenvalue weighted by molar-refractivity contribution is 0.0496. The van der Waals surface area contributed by atoms with E-state index in [-0.39, 0.29) is 51.4 Å². The van der Waals surface area contributed by atoms with Crippen LogP contribution in [-0.4, -0.2) is 61.0 Å². The fourth-order valence-electron chi connectivity index (χ4n) is 4.59. The van der Waals surface area contributed by atoms with Gasteiger partial charge in [-0.3, -0.25) is 0 Å². The monoisotopic (exact) mass is 579 g/mol. The first-order valence-corrected chi connectivity index (χ1v) is 13.2. The van der Waals surface area contributed by atoms with Crippen LogP contribution >= 0.6 is 0 Å². The van der Waals surface area contributed by atoms with Crippen molar-refractivity contribution in [2.24, 2.45) is 0 Å². The molecule has 12 heteroatoms. The molecule has 220 valence electrons. The van der Waals surface area contributed by atoms with Crippen molar-refractivity contribution < 1.29 is 32.6 Å². The average Bonchev–Trinajstić information content (AvgIpc) is 2.95. The third-order valence-corrected chi connectivity index (χ3v) is 6.58. The quantitative estimate of drug-likeness (QED) is 0.390. The Labute approximate surface area is 242 Å². The number of halogens is 2. The van der Waals surface area contributed by atoms with Gasteiger partial charge in [-0.15, -0.1) is 0 Å². The first-order valence-electron chi connectivity index (χ1n) is 13.2. The largest absolute Gasteiger partial charge is 0.494 e. The number of carbonyl (C=O) groups is 2. The predicted octanol–water partition coefficient (Wildman–Crippen LogP) is 5.25. The normalized spacial score (nSPS) is 13.7. The number of nitrogens with one attached hydrogen (secondary N) is 1. The number of aromatic nitrogens is 2. The van der Waals surface area contributed by atoms with Crippen molar-refractivity contribution in [2.75, 3.05) is 32.2 Å². The van der Waals surface area contributed by atoms with Gasteiger partial charge in [0.05, 0.1) is 25.5 Å². The van der Waals surface area contributed by atoms with Gasteiger partial charge in [0.2, 0.25) is 5.95 Å². The maximum absolute atomic E-state index is 14.8. The molecule has 1 N–H and O–H groups in total. The number of hydrogen-bond acceptors (Lipinski definition) is 9. The molecule has 0 bridgehead atoms. The van der Waals surface area contributed by atoms with Crippen molar-refractivity contribution in [1.29, 1.82) is 5.26 Å². The van der Waals surface area contributed by atoms with Gasteiger partial charge in [0.1, 0.15) is 17.5 Å². The zero-order valence-corrected chi connectivity index (χ0v) is 24.0. The van der Waals surface area contributed by atoms with Crippen LogP contribution in [0, 0.1) is 23.0 Å². The minimum Gasteiger partial charge on any atom is -0.494 e. The van der Waals surface area contributed by atoms with Crippen LogP contribution in [0.15, 0.2) is 36.4 Å². The first-order chi connectivity index (χ1) is 19.9. The van der Waals surface area contributed by atoms with Crippen molar-refractivity contribution in [1.82, 2.24) is 15.3 Å². The lowest BCUT2D eigenvalue weighted by Gasteiger charge is -2.33. The number of anilines is 1. The Hall–Kier alpha value is -4.79. The second-order valence-corrected chi connectivity index (χ2v) is 10.7. The minimum atomic E-state index is -0.804. The Kier molecular flexibility index (Phi) is 8.90. The molecule has 0 aliphatic carbocycles. The van der Waals surface area contributed by atoms with Crippen molar-refractivity contribution >= 4 is 18.0 Å². The average molecular weight is 580 g/mol. The molecule has 0 spiro atoms. The number of nitrogens with zero attached hydrogens (tertiary/aromatic N) is 4. The lowest BCUT2D eigenvalue weighted by atomic mass is 9.96. The highest BCUT2D eigenvalue weighted by Gasteiger charge is 2.29. The molecule has 2 aromatic carbocycles. The van der Waals surface area contributed by atoms with Gasteiger partial charge in [0.25, 0.3) is 0 Å². The number of piperidine rings is 1. The Morgan fingerprint density at radius 1 is 1.02 bits per heavy atom. The summed E-state index contributed by atoms with van der Waals surface area (Å²) >= 11 is 0. The summed E-state index contributed by atoms with van der Waals surface area (Å²) in [5, 5.41) is 12.1. The van der Waals surface area contributed by atoms with Crippen LogP contribution in [0.3, 0.4) is 0 Å². The highest BCUT2D eigenvalue weighted by Crippen LogP contribution is 2.37. The molecule has 1 fully saturated rings. The lowest BCUT2D eigenvalue weighted by Crippen LogP contribution is -2.46. The molecule has 0 saturated carbocycles. The summed E-state index contributed by atoms with van der Waals surface area (Å²) in [6.07, 6.45) is 0.580. The van der Waals surface area contributed by atoms with Crippen molar-refractivity contribution in [3.8, 4) is 34.2 Å². The van der Waals surface area contributed by atoms with Gasteiger partial charge in [-0.05, 0) is 63.4 Å². The second kappa shape index (κ2) is 12.4. The van der Waals surface area contributed by atoms with E-state index in [1.807, 2.05) is 4.90 Å². The van der Waals surface area contributed by atoms with Gasteiger partial charge in [0.15, 0.2) is 17.3 Å². The molecular formula is C30H31F2N5O5. The molecule has 10 nitrogen and oxygen atoms in total. The Morgan fingerprint density at radius 3 is 2.26 bits per heavy atom. The third kappa shape index (κ3) is 6.74. The van der Waals surface area contributed by atoms with Crippen LogP contribution in [0.25, 0.3) is 22.4 Å². The van der Waals surface area contributed by atoms with Crippen molar-refractivity contribution in [3.63, 3.8) is 0 Å². The van der Waals surface area contributed by atoms with E-state index in [1.54, 1.807) is 26.8 Å². The summed E-state index contributed by atoms with van der Waals surface area (Å²) in [5.41, 5.74) is -0.203. The summed E-state index contributed by atoms with van der Waals surface area (Å²) < 4.78 is 45.0. The molecule has 1 amide bonds. The van der Waals surface area contributed by atoms with E-state index in [1.165, 1.54) is 44.6 Å². The molecule has 0 radical (unpaired) electrons. The van der Waals surface area contributed by atoms with E-state index in [0.29, 0.717) is 25.9 Å². The predicted molar refractivity (Wildman–Crippen MR) is 150 cm³/mol. The van der Waals surface area contributed by atoms with Gasteiger partial charge in [-0.1, -0.05) is 12.1 Å². The number of amides is 1. The van der Waals surface area contributed by atoms with Crippen LogP contribution in [-0.2, 0) is 9.47 Å². The molecule has 4 rings (SSSR count). The minimum absolute atomic E-state index is 0.00950. The molecule has 1 aromatic heterocycles. The smallest absolute Gasteiger partial charge is 0.407 e. The second-order valence-electron chi connectivity index (χ2n) is 10.7. The fraction of sp³-hybridized carbons (Fsp3) is 0.367. The number of rotatable bonds is 6. The van der Waals surface area contributed by atoms with Crippen LogP contribution in [0.4, 0.5) is 19.5 Å². The Morgan fingerprint density at radius 2 is 1.69 bits per heavy atom. The molecule has 0 atom stereocenters. The molecule has 3 aromatic rings. The molecule has 2 heterocycles. The number of ether oxygens (including phenoxy) is 3. The summed E-state index contributed by atoms with van der Waals surface area (Å²) in [5.74, 6) is -2.11. The van der Waals surface area contributed by atoms with E-state index in [4.69, 9.17) is 19.2 Å². The maximum Gasteiger partial charge on any atom is 0.407 e. The van der Waals surface area contributed by atoms with Gasteiger partial charge in [-0.2, -0.15) is 5.26 Å². The van der Waals surface area contributed by atoms with Gasteiger partial charge >= 0.3 is 12.1 Å². The fourth-order valence-corrected chi connectivity index (χ4v) is 4.59. The molecule has 42 heavy (non-hydrogen) atoms. The van der Waals surface area contributed by atoms with Gasteiger partial charge < -0.3 is 24.4 Å². The Balaban J connectivity index is 1.78. The Bertz CT molecular complexity index is 1540. The van der Waals surface area contributed by atoms with E-state index in [9.17, 15) is 23.6 Å². The van der Waals surface area contributed by atoms with Crippen molar-refractivity contribution in [3.05, 3.63) is 59.3 Å². The highest BCUT2D eigenvalue weighted by molar-refractivity contribution is 6.00. The van der Waals surface area contributed by atoms with Crippen LogP contribution in [0.5, 0.6) is 5.75 Å². The number of nitriles is 1. The van der Waals surface area contributed by atoms with E-state index < -0.39 is 29.3 Å². The highest BCUT2D eigenvalue weighted by atomic mass is 19.1. The van der Waals surface area contributed by atoms with Crippen LogP contribution < -0.4 is 15.0 Å². The number of hydrogen-bond donors (Lipinski definition) is 1. The zero-order valence-electron chi connectivity index (χ0n) is 24.0. The van der Waals surface area contributed by atoms with Crippen molar-refractivity contribution in [2.45, 2.75) is 45.3 Å². The standard InChI is InChI=1S/C30H31F2N5O5/c1-30(2,3)42-29(39)34-20-10-12-37(13-11-20)28-35-25(18-6-7-19(16-33)21(31)15-18)24(26(36-28)27(38)41-5)17-8-9-23(40-4)22(32)14-17/h6-9,14-15,20H,10-13H2,1-5H3,(H,34,39). The molecule has 1 saturated heterocycles. The number of esters is 1. The van der Waals surface area contributed by atoms with E-state index in [0.717, 1.165) is 6.07 Å². The summed E-state index contributed by atoms with van der Waals surface area (Å²) in [6.45, 7) is 6.21. The van der Waals surface area contributed by atoms with E-state index in [2.05, 4.69) is 10.3 Å². The summed E-state index contributed by atoms with van der Waals surface area (Å²) in [7, 11) is 2.52. The number of methoxy groups -OCH3 is 2. The van der Waals surface area contributed by atoms with Gasteiger partial charge in [0, 0.05) is 30.3 Å².